The van der Waals surface area contributed by atoms with Gasteiger partial charge in [-0.05, 0) is 23.3 Å². The fourth-order valence-corrected chi connectivity index (χ4v) is 3.42. The van der Waals surface area contributed by atoms with Crippen molar-refractivity contribution in [3.05, 3.63) is 90.0 Å². The van der Waals surface area contributed by atoms with Crippen LogP contribution in [0.5, 0.6) is 11.5 Å². The van der Waals surface area contributed by atoms with E-state index in [2.05, 4.69) is 10.6 Å². The second-order valence-electron chi connectivity index (χ2n) is 7.22. The summed E-state index contributed by atoms with van der Waals surface area (Å²) >= 11 is 0. The van der Waals surface area contributed by atoms with Crippen LogP contribution in [0.15, 0.2) is 78.9 Å². The highest BCUT2D eigenvalue weighted by Gasteiger charge is 2.25. The molecule has 0 saturated heterocycles. The van der Waals surface area contributed by atoms with E-state index in [0.29, 0.717) is 30.4 Å². The van der Waals surface area contributed by atoms with Crippen LogP contribution in [-0.4, -0.2) is 37.7 Å². The summed E-state index contributed by atoms with van der Waals surface area (Å²) in [5, 5.41) is 4.68. The Kier molecular flexibility index (Phi) is 6.84. The number of urea groups is 1. The number of hydrogen-bond donors (Lipinski definition) is 2. The number of hydrogen-bond acceptors (Lipinski definition) is 6. The van der Waals surface area contributed by atoms with Gasteiger partial charge in [0, 0.05) is 11.8 Å². The van der Waals surface area contributed by atoms with Crippen molar-refractivity contribution < 1.29 is 28.6 Å². The molecule has 0 atom stereocenters. The van der Waals surface area contributed by atoms with Crippen molar-refractivity contribution in [2.45, 2.75) is 5.92 Å². The molecule has 0 spiro atoms. The molecule has 0 aliphatic carbocycles. The molecular weight excluding hydrogens is 424 g/mol. The molecule has 0 aromatic heterocycles. The minimum Gasteiger partial charge on any atom is -0.486 e. The highest BCUT2D eigenvalue weighted by atomic mass is 16.6. The van der Waals surface area contributed by atoms with Crippen molar-refractivity contribution in [2.75, 3.05) is 25.1 Å². The van der Waals surface area contributed by atoms with Gasteiger partial charge < -0.3 is 19.5 Å². The summed E-state index contributed by atoms with van der Waals surface area (Å²) in [6.45, 7) is 0.284. The Morgan fingerprint density at radius 2 is 1.42 bits per heavy atom. The molecule has 4 rings (SSSR count). The molecule has 2 N–H and O–H groups in total. The Morgan fingerprint density at radius 3 is 2.06 bits per heavy atom. The summed E-state index contributed by atoms with van der Waals surface area (Å²) in [5.41, 5.74) is 1.91. The molecule has 8 heteroatoms. The predicted octanol–water partition coefficient (Wildman–Crippen LogP) is 3.48. The maximum atomic E-state index is 12.8. The first-order valence-corrected chi connectivity index (χ1v) is 10.4. The predicted molar refractivity (Wildman–Crippen MR) is 120 cm³/mol. The number of imide groups is 1. The van der Waals surface area contributed by atoms with Crippen molar-refractivity contribution >= 4 is 23.6 Å². The van der Waals surface area contributed by atoms with Crippen molar-refractivity contribution in [2.24, 2.45) is 0 Å². The van der Waals surface area contributed by atoms with E-state index in [1.165, 1.54) is 0 Å². The molecule has 0 saturated carbocycles. The van der Waals surface area contributed by atoms with E-state index in [9.17, 15) is 14.4 Å². The zero-order valence-corrected chi connectivity index (χ0v) is 17.7. The maximum absolute atomic E-state index is 12.8. The van der Waals surface area contributed by atoms with Gasteiger partial charge in [-0.25, -0.2) is 4.79 Å². The quantitative estimate of drug-likeness (QED) is 0.562. The number of fused-ring (bicyclic) bond motifs is 1. The molecule has 1 heterocycles. The van der Waals surface area contributed by atoms with E-state index < -0.39 is 30.4 Å². The lowest BCUT2D eigenvalue weighted by Crippen LogP contribution is -2.37. The number of carbonyl (C=O) groups is 3. The van der Waals surface area contributed by atoms with Crippen LogP contribution < -0.4 is 20.1 Å². The van der Waals surface area contributed by atoms with E-state index in [1.54, 1.807) is 18.2 Å². The van der Waals surface area contributed by atoms with E-state index in [0.717, 1.165) is 11.1 Å². The normalized spacial score (nSPS) is 12.0. The second kappa shape index (κ2) is 10.3. The summed E-state index contributed by atoms with van der Waals surface area (Å²) in [5.74, 6) is -0.937. The monoisotopic (exact) mass is 446 g/mol. The molecule has 0 fully saturated rings. The lowest BCUT2D eigenvalue weighted by atomic mass is 9.91. The smallest absolute Gasteiger partial charge is 0.325 e. The summed E-state index contributed by atoms with van der Waals surface area (Å²) in [4.78, 5) is 37.2. The minimum absolute atomic E-state index is 0.416. The molecule has 8 nitrogen and oxygen atoms in total. The molecule has 3 amide bonds. The van der Waals surface area contributed by atoms with Crippen LogP contribution in [0.1, 0.15) is 17.0 Å². The highest BCUT2D eigenvalue weighted by Crippen LogP contribution is 2.32. The maximum Gasteiger partial charge on any atom is 0.325 e. The van der Waals surface area contributed by atoms with Crippen LogP contribution in [0.4, 0.5) is 10.5 Å². The first-order valence-electron chi connectivity index (χ1n) is 10.4. The molecule has 0 bridgehead atoms. The van der Waals surface area contributed by atoms with Crippen molar-refractivity contribution in [1.82, 2.24) is 5.32 Å². The first kappa shape index (κ1) is 21.9. The number of benzene rings is 3. The van der Waals surface area contributed by atoms with Crippen molar-refractivity contribution in [1.29, 1.82) is 0 Å². The zero-order valence-electron chi connectivity index (χ0n) is 17.7. The average Bonchev–Trinajstić information content (AvgIpc) is 2.84. The van der Waals surface area contributed by atoms with Gasteiger partial charge in [0.15, 0.2) is 18.1 Å². The summed E-state index contributed by atoms with van der Waals surface area (Å²) in [7, 11) is 0. The largest absolute Gasteiger partial charge is 0.486 e. The van der Waals surface area contributed by atoms with Gasteiger partial charge in [0.05, 0.1) is 0 Å². The van der Waals surface area contributed by atoms with Gasteiger partial charge in [0.2, 0.25) is 0 Å². The zero-order chi connectivity index (χ0) is 23.0. The number of esters is 1. The Hall–Kier alpha value is -4.33. The number of amides is 3. The van der Waals surface area contributed by atoms with Crippen molar-refractivity contribution in [3.8, 4) is 11.5 Å². The third-order valence-electron chi connectivity index (χ3n) is 4.90. The number of rotatable bonds is 6. The highest BCUT2D eigenvalue weighted by molar-refractivity contribution is 6.02. The van der Waals surface area contributed by atoms with Crippen LogP contribution in [0.3, 0.4) is 0 Å². The molecule has 0 radical (unpaired) electrons. The van der Waals surface area contributed by atoms with E-state index in [4.69, 9.17) is 14.2 Å². The summed E-state index contributed by atoms with van der Waals surface area (Å²) in [6, 6.07) is 22.4. The first-order chi connectivity index (χ1) is 16.1. The lowest BCUT2D eigenvalue weighted by Gasteiger charge is -2.19. The fourth-order valence-electron chi connectivity index (χ4n) is 3.42. The molecular formula is C25H22N2O6. The van der Waals surface area contributed by atoms with Crippen LogP contribution in [0.25, 0.3) is 0 Å². The standard InChI is InChI=1S/C25H22N2O6/c28-22(27-25(30)26-19-11-12-20-21(15-19)32-14-13-31-20)16-33-24(29)23(17-7-3-1-4-8-17)18-9-5-2-6-10-18/h1-12,15,23H,13-14,16H2,(H2,26,27,28,30). The van der Waals surface area contributed by atoms with Gasteiger partial charge in [-0.15, -0.1) is 0 Å². The SMILES string of the molecule is O=C(COC(=O)C(c1ccccc1)c1ccccc1)NC(=O)Nc1ccc2c(c1)OCCO2. The second-order valence-corrected chi connectivity index (χ2v) is 7.22. The van der Waals surface area contributed by atoms with Crippen LogP contribution >= 0.6 is 0 Å². The lowest BCUT2D eigenvalue weighted by molar-refractivity contribution is -0.148. The molecule has 3 aromatic carbocycles. The molecule has 1 aliphatic heterocycles. The van der Waals surface area contributed by atoms with Gasteiger partial charge in [-0.3, -0.25) is 14.9 Å². The Bertz CT molecular complexity index is 1090. The Morgan fingerprint density at radius 1 is 0.818 bits per heavy atom. The average molecular weight is 446 g/mol. The number of ether oxygens (including phenoxy) is 3. The number of nitrogens with one attached hydrogen (secondary N) is 2. The molecule has 0 unspecified atom stereocenters. The summed E-state index contributed by atoms with van der Waals surface area (Å²) in [6.07, 6.45) is 0. The van der Waals surface area contributed by atoms with Crippen LogP contribution in [-0.2, 0) is 14.3 Å². The van der Waals surface area contributed by atoms with Gasteiger partial charge in [0.25, 0.3) is 5.91 Å². The van der Waals surface area contributed by atoms with Crippen molar-refractivity contribution in [3.63, 3.8) is 0 Å². The molecule has 33 heavy (non-hydrogen) atoms. The Balaban J connectivity index is 1.33. The third kappa shape index (κ3) is 5.68. The van der Waals surface area contributed by atoms with Gasteiger partial charge >= 0.3 is 12.0 Å². The summed E-state index contributed by atoms with van der Waals surface area (Å²) < 4.78 is 16.1. The van der Waals surface area contributed by atoms with Crippen LogP contribution in [0, 0.1) is 0 Å². The number of anilines is 1. The van der Waals surface area contributed by atoms with Gasteiger partial charge in [-0.2, -0.15) is 0 Å². The third-order valence-corrected chi connectivity index (χ3v) is 4.90. The minimum atomic E-state index is -0.754. The Labute approximate surface area is 190 Å². The van der Waals surface area contributed by atoms with Gasteiger partial charge in [-0.1, -0.05) is 60.7 Å². The molecule has 168 valence electrons. The fraction of sp³-hybridized carbons (Fsp3) is 0.160. The van der Waals surface area contributed by atoms with Gasteiger partial charge in [0.1, 0.15) is 19.1 Å². The molecule has 3 aromatic rings. The van der Waals surface area contributed by atoms with E-state index in [-0.39, 0.29) is 0 Å². The molecule has 1 aliphatic rings. The van der Waals surface area contributed by atoms with E-state index in [1.807, 2.05) is 60.7 Å². The van der Waals surface area contributed by atoms with Crippen LogP contribution in [0.2, 0.25) is 0 Å². The number of carbonyl (C=O) groups excluding carboxylic acids is 3. The van der Waals surface area contributed by atoms with E-state index >= 15 is 0 Å². The topological polar surface area (TPSA) is 103 Å².